The van der Waals surface area contributed by atoms with E-state index < -0.39 is 0 Å². The molecule has 0 amide bonds. The number of benzene rings is 2. The zero-order valence-corrected chi connectivity index (χ0v) is 14.3. The summed E-state index contributed by atoms with van der Waals surface area (Å²) < 4.78 is 3.02. The molecule has 1 N–H and O–H groups in total. The molecule has 0 fully saturated rings. The molecule has 118 valence electrons. The maximum absolute atomic E-state index is 4.60. The summed E-state index contributed by atoms with van der Waals surface area (Å²) in [5, 5.41) is 3.27. The van der Waals surface area contributed by atoms with Crippen molar-refractivity contribution in [3.05, 3.63) is 77.2 Å². The Morgan fingerprint density at radius 3 is 2.71 bits per heavy atom. The Hall–Kier alpha value is -2.73. The molecule has 0 aliphatic carbocycles. The lowest BCUT2D eigenvalue weighted by Gasteiger charge is -2.08. The number of anilines is 1. The fraction of sp³-hybridized carbons (Fsp3) is 0.0556. The van der Waals surface area contributed by atoms with Crippen molar-refractivity contribution < 1.29 is 0 Å². The maximum atomic E-state index is 4.60. The summed E-state index contributed by atoms with van der Waals surface area (Å²) in [6.45, 7) is 0.648. The van der Waals surface area contributed by atoms with Gasteiger partial charge >= 0.3 is 0 Å². The van der Waals surface area contributed by atoms with Crippen LogP contribution in [0.25, 0.3) is 16.9 Å². The van der Waals surface area contributed by atoms with Gasteiger partial charge < -0.3 is 5.32 Å². The molecular weight excluding hydrogens is 366 g/mol. The van der Waals surface area contributed by atoms with Gasteiger partial charge in [0.05, 0.1) is 11.0 Å². The van der Waals surface area contributed by atoms with Gasteiger partial charge in [0.15, 0.2) is 0 Å². The van der Waals surface area contributed by atoms with Crippen molar-refractivity contribution in [3.8, 4) is 5.82 Å². The first-order valence-corrected chi connectivity index (χ1v) is 8.33. The summed E-state index contributed by atoms with van der Waals surface area (Å²) in [5.41, 5.74) is 3.12. The predicted molar refractivity (Wildman–Crippen MR) is 98.1 cm³/mol. The normalized spacial score (nSPS) is 10.9. The number of hydrogen-bond donors (Lipinski definition) is 1. The van der Waals surface area contributed by atoms with E-state index in [9.17, 15) is 0 Å². The minimum absolute atomic E-state index is 0.584. The van der Waals surface area contributed by atoms with Crippen LogP contribution in [0.1, 0.15) is 5.56 Å². The summed E-state index contributed by atoms with van der Waals surface area (Å²) in [6.07, 6.45) is 3.53. The zero-order chi connectivity index (χ0) is 16.4. The van der Waals surface area contributed by atoms with E-state index in [1.807, 2.05) is 53.1 Å². The smallest absolute Gasteiger partial charge is 0.224 e. The van der Waals surface area contributed by atoms with Gasteiger partial charge in [-0.25, -0.2) is 9.97 Å². The third-order valence-corrected chi connectivity index (χ3v) is 4.51. The van der Waals surface area contributed by atoms with Crippen molar-refractivity contribution in [3.63, 3.8) is 0 Å². The Morgan fingerprint density at radius 2 is 1.79 bits per heavy atom. The fourth-order valence-corrected chi connectivity index (χ4v) is 2.95. The largest absolute Gasteiger partial charge is 0.350 e. The Bertz CT molecular complexity index is 995. The van der Waals surface area contributed by atoms with Crippen molar-refractivity contribution in [2.24, 2.45) is 0 Å². The molecule has 6 heteroatoms. The average molecular weight is 380 g/mol. The highest BCUT2D eigenvalue weighted by atomic mass is 79.9. The molecule has 0 radical (unpaired) electrons. The number of para-hydroxylation sites is 2. The highest BCUT2D eigenvalue weighted by Crippen LogP contribution is 2.18. The van der Waals surface area contributed by atoms with Gasteiger partial charge in [-0.1, -0.05) is 46.3 Å². The third-order valence-electron chi connectivity index (χ3n) is 3.74. The Morgan fingerprint density at radius 1 is 0.958 bits per heavy atom. The predicted octanol–water partition coefficient (Wildman–Crippen LogP) is 4.19. The molecule has 2 aromatic carbocycles. The van der Waals surface area contributed by atoms with Crippen molar-refractivity contribution >= 4 is 32.9 Å². The minimum Gasteiger partial charge on any atom is -0.350 e. The van der Waals surface area contributed by atoms with Crippen LogP contribution >= 0.6 is 15.9 Å². The quantitative estimate of drug-likeness (QED) is 0.577. The molecular formula is C18H14BrN5. The number of imidazole rings is 1. The van der Waals surface area contributed by atoms with E-state index in [0.717, 1.165) is 26.9 Å². The van der Waals surface area contributed by atoms with Crippen LogP contribution in [0.3, 0.4) is 0 Å². The van der Waals surface area contributed by atoms with Crippen LogP contribution in [0, 0.1) is 0 Å². The number of fused-ring (bicyclic) bond motifs is 1. The molecule has 24 heavy (non-hydrogen) atoms. The molecule has 0 saturated carbocycles. The van der Waals surface area contributed by atoms with Gasteiger partial charge in [-0.15, -0.1) is 0 Å². The summed E-state index contributed by atoms with van der Waals surface area (Å²) in [5.74, 6) is 1.37. The first-order chi connectivity index (χ1) is 11.8. The Labute approximate surface area is 147 Å². The second-order valence-corrected chi connectivity index (χ2v) is 6.14. The summed E-state index contributed by atoms with van der Waals surface area (Å²) in [4.78, 5) is 13.3. The van der Waals surface area contributed by atoms with Crippen LogP contribution in [-0.4, -0.2) is 19.5 Å². The molecule has 2 aromatic heterocycles. The molecule has 0 atom stereocenters. The number of nitrogens with zero attached hydrogens (tertiary/aromatic N) is 4. The van der Waals surface area contributed by atoms with Crippen LogP contribution < -0.4 is 5.32 Å². The van der Waals surface area contributed by atoms with Crippen LogP contribution in [0.2, 0.25) is 0 Å². The molecule has 2 heterocycles. The first-order valence-electron chi connectivity index (χ1n) is 7.54. The van der Waals surface area contributed by atoms with Crippen LogP contribution in [0.4, 0.5) is 5.95 Å². The van der Waals surface area contributed by atoms with Crippen LogP contribution in [-0.2, 0) is 6.54 Å². The van der Waals surface area contributed by atoms with Crippen molar-refractivity contribution in [1.82, 2.24) is 19.5 Å². The average Bonchev–Trinajstić information content (AvgIpc) is 3.05. The van der Waals surface area contributed by atoms with E-state index in [-0.39, 0.29) is 0 Å². The number of nitrogens with one attached hydrogen (secondary N) is 1. The lowest BCUT2D eigenvalue weighted by molar-refractivity contribution is 0.975. The van der Waals surface area contributed by atoms with Crippen LogP contribution in [0.15, 0.2) is 71.6 Å². The number of halogens is 1. The van der Waals surface area contributed by atoms with E-state index in [1.54, 1.807) is 12.5 Å². The number of aromatic nitrogens is 4. The molecule has 0 aliphatic heterocycles. The highest BCUT2D eigenvalue weighted by Gasteiger charge is 2.07. The van der Waals surface area contributed by atoms with Crippen LogP contribution in [0.5, 0.6) is 0 Å². The van der Waals surface area contributed by atoms with Gasteiger partial charge in [0.2, 0.25) is 5.95 Å². The minimum atomic E-state index is 0.584. The summed E-state index contributed by atoms with van der Waals surface area (Å²) in [7, 11) is 0. The van der Waals surface area contributed by atoms with Crippen molar-refractivity contribution in [2.75, 3.05) is 5.32 Å². The second kappa shape index (κ2) is 6.41. The van der Waals surface area contributed by atoms with Crippen molar-refractivity contribution in [1.29, 1.82) is 0 Å². The molecule has 5 nitrogen and oxygen atoms in total. The zero-order valence-electron chi connectivity index (χ0n) is 12.7. The topological polar surface area (TPSA) is 55.6 Å². The van der Waals surface area contributed by atoms with E-state index in [0.29, 0.717) is 12.5 Å². The van der Waals surface area contributed by atoms with E-state index in [1.165, 1.54) is 0 Å². The lowest BCUT2D eigenvalue weighted by atomic mass is 10.2. The highest BCUT2D eigenvalue weighted by molar-refractivity contribution is 9.10. The molecule has 0 unspecified atom stereocenters. The molecule has 4 rings (SSSR count). The van der Waals surface area contributed by atoms with Gasteiger partial charge in [-0.3, -0.25) is 4.57 Å². The third kappa shape index (κ3) is 2.88. The molecule has 0 saturated heterocycles. The molecule has 0 bridgehead atoms. The van der Waals surface area contributed by atoms with Gasteiger partial charge in [-0.2, -0.15) is 4.98 Å². The second-order valence-electron chi connectivity index (χ2n) is 5.29. The van der Waals surface area contributed by atoms with Gasteiger partial charge in [-0.05, 0) is 29.8 Å². The SMILES string of the molecule is Brc1ccccc1CNc1nccc(-n2cnc3ccccc32)n1. The number of rotatable bonds is 4. The molecule has 0 spiro atoms. The Kier molecular flexibility index (Phi) is 3.96. The molecule has 0 aliphatic rings. The first kappa shape index (κ1) is 14.8. The Balaban J connectivity index is 1.61. The van der Waals surface area contributed by atoms with Crippen molar-refractivity contribution in [2.45, 2.75) is 6.54 Å². The van der Waals surface area contributed by atoms with Gasteiger partial charge in [0.25, 0.3) is 0 Å². The van der Waals surface area contributed by atoms with E-state index in [4.69, 9.17) is 0 Å². The fourth-order valence-electron chi connectivity index (χ4n) is 2.53. The molecule has 4 aromatic rings. The number of hydrogen-bond acceptors (Lipinski definition) is 4. The lowest BCUT2D eigenvalue weighted by Crippen LogP contribution is -2.06. The summed E-state index contributed by atoms with van der Waals surface area (Å²) >= 11 is 3.55. The van der Waals surface area contributed by atoms with Gasteiger partial charge in [0, 0.05) is 17.2 Å². The van der Waals surface area contributed by atoms with Gasteiger partial charge in [0.1, 0.15) is 12.1 Å². The maximum Gasteiger partial charge on any atom is 0.224 e. The monoisotopic (exact) mass is 379 g/mol. The summed E-state index contributed by atoms with van der Waals surface area (Å²) in [6, 6.07) is 17.9. The van der Waals surface area contributed by atoms with E-state index in [2.05, 4.69) is 42.3 Å². The van der Waals surface area contributed by atoms with E-state index >= 15 is 0 Å². The standard InChI is InChI=1S/C18H14BrN5/c19-14-6-2-1-5-13(14)11-21-18-20-10-9-17(23-18)24-12-22-15-7-3-4-8-16(15)24/h1-10,12H,11H2,(H,20,21,23).